The predicted octanol–water partition coefficient (Wildman–Crippen LogP) is 5.10. The average molecular weight is 421 g/mol. The molecule has 1 aliphatic rings. The van der Waals surface area contributed by atoms with Gasteiger partial charge in [-0.15, -0.1) is 0 Å². The number of rotatable bonds is 10. The van der Waals surface area contributed by atoms with Gasteiger partial charge < -0.3 is 15.2 Å². The normalized spacial score (nSPS) is 20.7. The minimum Gasteiger partial charge on any atom is -0.340 e. The molecule has 1 saturated heterocycles. The average Bonchev–Trinajstić information content (AvgIpc) is 3.09. The Morgan fingerprint density at radius 1 is 0.710 bits per heavy atom. The number of fused-ring (bicyclic) bond motifs is 3. The third-order valence-electron chi connectivity index (χ3n) is 7.08. The molecule has 0 aliphatic carbocycles. The van der Waals surface area contributed by atoms with Crippen molar-refractivity contribution in [2.75, 3.05) is 32.7 Å². The maximum atomic E-state index is 5.62. The summed E-state index contributed by atoms with van der Waals surface area (Å²) in [6.07, 6.45) is 6.27. The molecule has 2 atom stereocenters. The monoisotopic (exact) mass is 420 g/mol. The first-order valence-corrected chi connectivity index (χ1v) is 12.3. The topological polar surface area (TPSA) is 37.4 Å². The van der Waals surface area contributed by atoms with Gasteiger partial charge in [0.15, 0.2) is 0 Å². The van der Waals surface area contributed by atoms with Crippen molar-refractivity contribution in [3.8, 4) is 0 Å². The number of benzene rings is 2. The van der Waals surface area contributed by atoms with Crippen LogP contribution in [0.25, 0.3) is 21.8 Å². The summed E-state index contributed by atoms with van der Waals surface area (Å²) >= 11 is 0. The van der Waals surface area contributed by atoms with Gasteiger partial charge in [-0.3, -0.25) is 4.90 Å². The van der Waals surface area contributed by atoms with Gasteiger partial charge in [-0.25, -0.2) is 0 Å². The summed E-state index contributed by atoms with van der Waals surface area (Å²) in [7, 11) is 0. The minimum absolute atomic E-state index is 0.645. The van der Waals surface area contributed by atoms with E-state index >= 15 is 0 Å². The third kappa shape index (κ3) is 5.14. The lowest BCUT2D eigenvalue weighted by atomic mass is 10.1. The molecule has 0 spiro atoms. The molecular formula is C27H40N4. The van der Waals surface area contributed by atoms with Crippen molar-refractivity contribution in [2.24, 2.45) is 5.73 Å². The van der Waals surface area contributed by atoms with E-state index in [9.17, 15) is 0 Å². The predicted molar refractivity (Wildman–Crippen MR) is 134 cm³/mol. The first kappa shape index (κ1) is 22.3. The van der Waals surface area contributed by atoms with Crippen molar-refractivity contribution in [3.05, 3.63) is 48.5 Å². The first-order chi connectivity index (χ1) is 15.2. The van der Waals surface area contributed by atoms with E-state index in [2.05, 4.69) is 76.7 Å². The highest BCUT2D eigenvalue weighted by Gasteiger charge is 2.28. The second kappa shape index (κ2) is 10.6. The first-order valence-electron chi connectivity index (χ1n) is 12.3. The Bertz CT molecular complexity index is 897. The molecule has 168 valence electrons. The van der Waals surface area contributed by atoms with Crippen molar-refractivity contribution < 1.29 is 0 Å². The van der Waals surface area contributed by atoms with Gasteiger partial charge in [-0.2, -0.15) is 0 Å². The third-order valence-corrected chi connectivity index (χ3v) is 7.08. The summed E-state index contributed by atoms with van der Waals surface area (Å²) < 4.78 is 2.52. The van der Waals surface area contributed by atoms with Crippen LogP contribution in [0.15, 0.2) is 48.5 Å². The van der Waals surface area contributed by atoms with Gasteiger partial charge >= 0.3 is 0 Å². The number of hydrogen-bond acceptors (Lipinski definition) is 3. The number of nitrogens with zero attached hydrogens (tertiary/aromatic N) is 3. The summed E-state index contributed by atoms with van der Waals surface area (Å²) in [5, 5.41) is 2.75. The Morgan fingerprint density at radius 2 is 1.29 bits per heavy atom. The zero-order valence-corrected chi connectivity index (χ0v) is 19.5. The molecular weight excluding hydrogens is 380 g/mol. The zero-order chi connectivity index (χ0) is 21.6. The number of unbranched alkanes of at least 4 members (excludes halogenated alkanes) is 3. The van der Waals surface area contributed by atoms with Gasteiger partial charge in [-0.1, -0.05) is 49.2 Å². The molecule has 0 amide bonds. The van der Waals surface area contributed by atoms with Gasteiger partial charge in [-0.05, 0) is 64.9 Å². The molecule has 31 heavy (non-hydrogen) atoms. The van der Waals surface area contributed by atoms with E-state index in [0.717, 1.165) is 13.1 Å². The molecule has 2 heterocycles. The maximum absolute atomic E-state index is 5.62. The smallest absolute Gasteiger partial charge is 0.0491 e. The molecule has 0 saturated carbocycles. The lowest BCUT2D eigenvalue weighted by Crippen LogP contribution is -2.56. The Morgan fingerprint density at radius 3 is 1.90 bits per heavy atom. The van der Waals surface area contributed by atoms with Crippen LogP contribution < -0.4 is 5.73 Å². The van der Waals surface area contributed by atoms with Gasteiger partial charge in [0.2, 0.25) is 0 Å². The van der Waals surface area contributed by atoms with Crippen LogP contribution in [0.3, 0.4) is 0 Å². The second-order valence-corrected chi connectivity index (χ2v) is 9.44. The Hall–Kier alpha value is -1.88. The summed E-state index contributed by atoms with van der Waals surface area (Å²) in [6, 6.07) is 19.0. The highest BCUT2D eigenvalue weighted by molar-refractivity contribution is 6.07. The summed E-state index contributed by atoms with van der Waals surface area (Å²) in [5.41, 5.74) is 8.35. The fraction of sp³-hybridized carbons (Fsp3) is 0.556. The van der Waals surface area contributed by atoms with E-state index in [1.54, 1.807) is 0 Å². The minimum atomic E-state index is 0.645. The molecule has 0 unspecified atom stereocenters. The summed E-state index contributed by atoms with van der Waals surface area (Å²) in [5.74, 6) is 0. The largest absolute Gasteiger partial charge is 0.340 e. The molecule has 1 aliphatic heterocycles. The van der Waals surface area contributed by atoms with Crippen LogP contribution in [0, 0.1) is 0 Å². The van der Waals surface area contributed by atoms with Gasteiger partial charge in [0.25, 0.3) is 0 Å². The number of aryl methyl sites for hydroxylation is 1. The molecule has 2 N–H and O–H groups in total. The number of para-hydroxylation sites is 2. The maximum Gasteiger partial charge on any atom is 0.0491 e. The Kier molecular flexibility index (Phi) is 7.65. The second-order valence-electron chi connectivity index (χ2n) is 9.44. The molecule has 0 bridgehead atoms. The molecule has 4 nitrogen and oxygen atoms in total. The molecule has 0 radical (unpaired) electrons. The molecule has 1 aromatic heterocycles. The fourth-order valence-corrected chi connectivity index (χ4v) is 5.58. The fourth-order valence-electron chi connectivity index (χ4n) is 5.58. The van der Waals surface area contributed by atoms with Gasteiger partial charge in [0.1, 0.15) is 0 Å². The van der Waals surface area contributed by atoms with E-state index in [0.29, 0.717) is 12.1 Å². The molecule has 4 rings (SSSR count). The van der Waals surface area contributed by atoms with Gasteiger partial charge in [0, 0.05) is 53.5 Å². The standard InChI is InChI=1S/C27H40N4/c1-22-20-29(21-23(2)30(22)18-10-4-3-9-16-28)17-11-19-31-26-14-7-5-12-24(26)25-13-6-8-15-27(25)31/h5-8,12-15,22-23H,3-4,9-11,16-21,28H2,1-2H3/t22-,23+. The molecule has 4 heteroatoms. The van der Waals surface area contributed by atoms with Crippen molar-refractivity contribution in [1.29, 1.82) is 0 Å². The highest BCUT2D eigenvalue weighted by Crippen LogP contribution is 2.29. The van der Waals surface area contributed by atoms with E-state index in [4.69, 9.17) is 5.73 Å². The van der Waals surface area contributed by atoms with E-state index in [1.807, 2.05) is 0 Å². The van der Waals surface area contributed by atoms with Crippen molar-refractivity contribution in [2.45, 2.75) is 64.6 Å². The Balaban J connectivity index is 1.32. The summed E-state index contributed by atoms with van der Waals surface area (Å²) in [6.45, 7) is 11.5. The number of aromatic nitrogens is 1. The Labute approximate surface area is 188 Å². The number of piperazine rings is 1. The van der Waals surface area contributed by atoms with Crippen LogP contribution in [0.5, 0.6) is 0 Å². The van der Waals surface area contributed by atoms with Crippen LogP contribution in [0.2, 0.25) is 0 Å². The van der Waals surface area contributed by atoms with Crippen LogP contribution in [0.1, 0.15) is 46.0 Å². The highest BCUT2D eigenvalue weighted by atomic mass is 15.3. The molecule has 1 fully saturated rings. The van der Waals surface area contributed by atoms with Crippen LogP contribution in [-0.4, -0.2) is 59.2 Å². The number of nitrogens with two attached hydrogens (primary N) is 1. The van der Waals surface area contributed by atoms with Gasteiger partial charge in [0.05, 0.1) is 0 Å². The lowest BCUT2D eigenvalue weighted by molar-refractivity contribution is 0.0368. The van der Waals surface area contributed by atoms with E-state index < -0.39 is 0 Å². The van der Waals surface area contributed by atoms with Crippen molar-refractivity contribution in [1.82, 2.24) is 14.4 Å². The molecule has 3 aromatic rings. The summed E-state index contributed by atoms with van der Waals surface area (Å²) in [4.78, 5) is 5.42. The van der Waals surface area contributed by atoms with Crippen LogP contribution >= 0.6 is 0 Å². The SMILES string of the molecule is C[C@@H]1CN(CCCn2c3ccccc3c3ccccc32)C[C@H](C)N1CCCCCCN. The van der Waals surface area contributed by atoms with E-state index in [1.165, 1.54) is 80.1 Å². The molecule has 2 aromatic carbocycles. The number of hydrogen-bond donors (Lipinski definition) is 1. The van der Waals surface area contributed by atoms with Crippen molar-refractivity contribution in [3.63, 3.8) is 0 Å². The lowest BCUT2D eigenvalue weighted by Gasteiger charge is -2.44. The van der Waals surface area contributed by atoms with E-state index in [-0.39, 0.29) is 0 Å². The quantitative estimate of drug-likeness (QED) is 0.464. The zero-order valence-electron chi connectivity index (χ0n) is 19.5. The van der Waals surface area contributed by atoms with Crippen LogP contribution in [-0.2, 0) is 6.54 Å². The van der Waals surface area contributed by atoms with Crippen molar-refractivity contribution >= 4 is 21.8 Å². The van der Waals surface area contributed by atoms with Crippen LogP contribution in [0.4, 0.5) is 0 Å².